The first-order valence-electron chi connectivity index (χ1n) is 7.23. The summed E-state index contributed by atoms with van der Waals surface area (Å²) < 4.78 is 34.2. The van der Waals surface area contributed by atoms with Crippen molar-refractivity contribution in [2.75, 3.05) is 45.9 Å². The third-order valence-corrected chi connectivity index (χ3v) is 6.17. The van der Waals surface area contributed by atoms with E-state index in [-0.39, 0.29) is 6.04 Å². The van der Waals surface area contributed by atoms with E-state index in [1.54, 1.807) is 8.61 Å². The van der Waals surface area contributed by atoms with Crippen LogP contribution >= 0.6 is 0 Å². The molecule has 110 valence electrons. The molecule has 0 aromatic heterocycles. The van der Waals surface area contributed by atoms with Gasteiger partial charge < -0.3 is 10.1 Å². The number of ether oxygens (including phenoxy) is 1. The van der Waals surface area contributed by atoms with E-state index in [4.69, 9.17) is 4.74 Å². The van der Waals surface area contributed by atoms with Gasteiger partial charge in [0.15, 0.2) is 0 Å². The summed E-state index contributed by atoms with van der Waals surface area (Å²) >= 11 is 0. The molecular weight excluding hydrogens is 266 g/mol. The summed E-state index contributed by atoms with van der Waals surface area (Å²) in [6, 6.07) is 0.237. The number of hydrogen-bond donors (Lipinski definition) is 1. The third-order valence-electron chi connectivity index (χ3n) is 4.11. The minimum absolute atomic E-state index is 0.237. The third kappa shape index (κ3) is 3.11. The Kier molecular flexibility index (Phi) is 4.09. The zero-order chi connectivity index (χ0) is 13.3. The van der Waals surface area contributed by atoms with Gasteiger partial charge in [0.25, 0.3) is 10.2 Å². The number of nitrogens with zero attached hydrogens (tertiary/aromatic N) is 2. The zero-order valence-corrected chi connectivity index (χ0v) is 12.1. The molecule has 2 heterocycles. The van der Waals surface area contributed by atoms with Crippen molar-refractivity contribution in [2.24, 2.45) is 5.92 Å². The van der Waals surface area contributed by atoms with Crippen molar-refractivity contribution in [3.05, 3.63) is 0 Å². The van der Waals surface area contributed by atoms with Gasteiger partial charge in [-0.3, -0.25) is 0 Å². The highest BCUT2D eigenvalue weighted by Gasteiger charge is 2.41. The lowest BCUT2D eigenvalue weighted by Crippen LogP contribution is -2.53. The lowest BCUT2D eigenvalue weighted by atomic mass is 10.1. The molecule has 1 unspecified atom stereocenters. The topological polar surface area (TPSA) is 61.9 Å². The van der Waals surface area contributed by atoms with E-state index < -0.39 is 10.2 Å². The minimum atomic E-state index is -3.28. The maximum atomic E-state index is 12.7. The maximum Gasteiger partial charge on any atom is 0.282 e. The number of hydrogen-bond acceptors (Lipinski definition) is 4. The van der Waals surface area contributed by atoms with Gasteiger partial charge in [0.05, 0.1) is 6.61 Å². The molecule has 0 radical (unpaired) electrons. The molecule has 3 rings (SSSR count). The Morgan fingerprint density at radius 2 is 1.95 bits per heavy atom. The van der Waals surface area contributed by atoms with Crippen molar-refractivity contribution in [1.29, 1.82) is 0 Å². The van der Waals surface area contributed by atoms with Crippen LogP contribution in [0.4, 0.5) is 0 Å². The molecule has 1 N–H and O–H groups in total. The van der Waals surface area contributed by atoms with E-state index in [2.05, 4.69) is 5.32 Å². The molecule has 0 aromatic rings. The van der Waals surface area contributed by atoms with Gasteiger partial charge in [-0.1, -0.05) is 0 Å². The number of nitrogens with one attached hydrogen (secondary N) is 1. The van der Waals surface area contributed by atoms with Gasteiger partial charge in [0.1, 0.15) is 0 Å². The molecule has 6 nitrogen and oxygen atoms in total. The Balaban J connectivity index is 1.70. The van der Waals surface area contributed by atoms with E-state index in [0.29, 0.717) is 32.2 Å². The second-order valence-electron chi connectivity index (χ2n) is 5.69. The Hall–Kier alpha value is -0.210. The molecule has 1 saturated carbocycles. The summed E-state index contributed by atoms with van der Waals surface area (Å²) in [6.07, 6.45) is 3.01. The van der Waals surface area contributed by atoms with Crippen LogP contribution in [0.25, 0.3) is 0 Å². The van der Waals surface area contributed by atoms with Crippen molar-refractivity contribution < 1.29 is 13.2 Å². The first-order chi connectivity index (χ1) is 9.18. The van der Waals surface area contributed by atoms with Crippen LogP contribution in [0.15, 0.2) is 0 Å². The molecule has 3 fully saturated rings. The second-order valence-corrected chi connectivity index (χ2v) is 7.57. The summed E-state index contributed by atoms with van der Waals surface area (Å²) in [5.74, 6) is 0.373. The first-order valence-corrected chi connectivity index (χ1v) is 8.63. The van der Waals surface area contributed by atoms with Crippen molar-refractivity contribution in [3.63, 3.8) is 0 Å². The second kappa shape index (κ2) is 5.65. The van der Waals surface area contributed by atoms with Crippen molar-refractivity contribution in [3.8, 4) is 0 Å². The van der Waals surface area contributed by atoms with Crippen LogP contribution in [0.5, 0.6) is 0 Å². The van der Waals surface area contributed by atoms with Gasteiger partial charge in [-0.15, -0.1) is 0 Å². The lowest BCUT2D eigenvalue weighted by Gasteiger charge is -2.33. The Labute approximate surface area is 115 Å². The van der Waals surface area contributed by atoms with E-state index >= 15 is 0 Å². The fraction of sp³-hybridized carbons (Fsp3) is 1.00. The van der Waals surface area contributed by atoms with Crippen molar-refractivity contribution in [2.45, 2.75) is 25.3 Å². The molecule has 3 aliphatic rings. The molecule has 1 atom stereocenters. The highest BCUT2D eigenvalue weighted by Crippen LogP contribution is 2.32. The summed E-state index contributed by atoms with van der Waals surface area (Å²) in [7, 11) is -3.28. The molecule has 0 amide bonds. The molecule has 0 bridgehead atoms. The molecule has 0 aromatic carbocycles. The Bertz CT molecular complexity index is 398. The molecular formula is C12H23N3O3S. The van der Waals surface area contributed by atoms with Crippen LogP contribution in [0.3, 0.4) is 0 Å². The fourth-order valence-corrected chi connectivity index (χ4v) is 4.73. The number of rotatable bonds is 5. The summed E-state index contributed by atoms with van der Waals surface area (Å²) in [6.45, 7) is 4.81. The maximum absolute atomic E-state index is 12.7. The highest BCUT2D eigenvalue weighted by molar-refractivity contribution is 7.86. The zero-order valence-electron chi connectivity index (χ0n) is 11.3. The lowest BCUT2D eigenvalue weighted by molar-refractivity contribution is 0.178. The molecule has 0 spiro atoms. The van der Waals surface area contributed by atoms with Gasteiger partial charge in [-0.05, 0) is 25.2 Å². The molecule has 19 heavy (non-hydrogen) atoms. The predicted octanol–water partition coefficient (Wildman–Crippen LogP) is -0.363. The predicted molar refractivity (Wildman–Crippen MR) is 72.0 cm³/mol. The van der Waals surface area contributed by atoms with Crippen LogP contribution in [-0.4, -0.2) is 69.0 Å². The van der Waals surface area contributed by atoms with Gasteiger partial charge in [-0.2, -0.15) is 17.0 Å². The van der Waals surface area contributed by atoms with Crippen LogP contribution in [-0.2, 0) is 14.9 Å². The van der Waals surface area contributed by atoms with E-state index in [1.165, 1.54) is 0 Å². The average Bonchev–Trinajstić information content (AvgIpc) is 3.13. The first kappa shape index (κ1) is 13.8. The summed E-state index contributed by atoms with van der Waals surface area (Å²) in [5.41, 5.74) is 0. The fourth-order valence-electron chi connectivity index (χ4n) is 2.80. The van der Waals surface area contributed by atoms with Gasteiger partial charge in [-0.25, -0.2) is 0 Å². The molecule has 2 aliphatic heterocycles. The smallest absolute Gasteiger partial charge is 0.282 e. The monoisotopic (exact) mass is 289 g/mol. The van der Waals surface area contributed by atoms with Gasteiger partial charge >= 0.3 is 0 Å². The van der Waals surface area contributed by atoms with Gasteiger partial charge in [0.2, 0.25) is 0 Å². The molecule has 2 saturated heterocycles. The van der Waals surface area contributed by atoms with Crippen molar-refractivity contribution >= 4 is 10.2 Å². The normalized spacial score (nSPS) is 30.1. The summed E-state index contributed by atoms with van der Waals surface area (Å²) in [5, 5.41) is 3.20. The SMILES string of the molecule is O=S(=O)(N1CCNCC1)N(CC1CCOC1)C1CC1. The molecule has 1 aliphatic carbocycles. The number of piperazine rings is 1. The van der Waals surface area contributed by atoms with E-state index in [9.17, 15) is 8.42 Å². The summed E-state index contributed by atoms with van der Waals surface area (Å²) in [4.78, 5) is 0. The van der Waals surface area contributed by atoms with Crippen LogP contribution < -0.4 is 5.32 Å². The Morgan fingerprint density at radius 3 is 2.53 bits per heavy atom. The Morgan fingerprint density at radius 1 is 1.21 bits per heavy atom. The standard InChI is InChI=1S/C12H23N3O3S/c16-19(17,14-6-4-13-5-7-14)15(12-1-2-12)9-11-3-8-18-10-11/h11-13H,1-10H2. The van der Waals surface area contributed by atoms with Crippen LogP contribution in [0.1, 0.15) is 19.3 Å². The van der Waals surface area contributed by atoms with Crippen LogP contribution in [0, 0.1) is 5.92 Å². The van der Waals surface area contributed by atoms with Crippen molar-refractivity contribution in [1.82, 2.24) is 13.9 Å². The quantitative estimate of drug-likeness (QED) is 0.751. The van der Waals surface area contributed by atoms with E-state index in [1.807, 2.05) is 0 Å². The molecule has 7 heteroatoms. The van der Waals surface area contributed by atoms with E-state index in [0.717, 1.165) is 39.0 Å². The average molecular weight is 289 g/mol. The van der Waals surface area contributed by atoms with Crippen LogP contribution in [0.2, 0.25) is 0 Å². The highest BCUT2D eigenvalue weighted by atomic mass is 32.2. The largest absolute Gasteiger partial charge is 0.381 e. The van der Waals surface area contributed by atoms with Gasteiger partial charge in [0, 0.05) is 45.4 Å². The minimum Gasteiger partial charge on any atom is -0.381 e.